The van der Waals surface area contributed by atoms with Crippen LogP contribution in [0.5, 0.6) is 0 Å². The molecular weight excluding hydrogens is 466 g/mol. The smallest absolute Gasteiger partial charge is 0.325 e. The number of urea groups is 1. The minimum absolute atomic E-state index is 0.314. The number of likely N-dealkylation sites (N-methyl/N-ethyl adjacent to an activating group) is 1. The number of amides is 4. The number of aromatic nitrogens is 2. The SMILES string of the molecule is Cc1nn(-c2ccccc2)c(C)c1CN(C)C(=O)CN1C(=O)NC(C)(c2ccc3ccccc3c2)C1=O. The van der Waals surface area contributed by atoms with Gasteiger partial charge in [-0.1, -0.05) is 54.6 Å². The van der Waals surface area contributed by atoms with Crippen molar-refractivity contribution in [2.24, 2.45) is 0 Å². The fourth-order valence-electron chi connectivity index (χ4n) is 4.84. The predicted molar refractivity (Wildman–Crippen MR) is 141 cm³/mol. The first-order chi connectivity index (χ1) is 17.7. The van der Waals surface area contributed by atoms with Crippen molar-refractivity contribution in [1.82, 2.24) is 24.9 Å². The van der Waals surface area contributed by atoms with Crippen LogP contribution in [0.25, 0.3) is 16.5 Å². The van der Waals surface area contributed by atoms with Crippen molar-refractivity contribution in [3.05, 3.63) is 95.3 Å². The topological polar surface area (TPSA) is 87.5 Å². The molecule has 0 radical (unpaired) electrons. The Kier molecular flexibility index (Phi) is 6.03. The lowest BCUT2D eigenvalue weighted by Crippen LogP contribution is -2.43. The molecule has 0 saturated carbocycles. The molecule has 0 spiro atoms. The highest BCUT2D eigenvalue weighted by Gasteiger charge is 2.49. The van der Waals surface area contributed by atoms with E-state index in [4.69, 9.17) is 0 Å². The summed E-state index contributed by atoms with van der Waals surface area (Å²) in [6, 6.07) is 22.7. The normalized spacial score (nSPS) is 17.4. The lowest BCUT2D eigenvalue weighted by atomic mass is 9.90. The second-order valence-corrected chi connectivity index (χ2v) is 9.65. The predicted octanol–water partition coefficient (Wildman–Crippen LogP) is 4.07. The van der Waals surface area contributed by atoms with E-state index in [0.29, 0.717) is 12.1 Å². The van der Waals surface area contributed by atoms with Crippen LogP contribution in [0, 0.1) is 13.8 Å². The Morgan fingerprint density at radius 2 is 1.65 bits per heavy atom. The molecule has 188 valence electrons. The van der Waals surface area contributed by atoms with Crippen LogP contribution in [-0.4, -0.2) is 51.0 Å². The van der Waals surface area contributed by atoms with Crippen LogP contribution < -0.4 is 5.32 Å². The van der Waals surface area contributed by atoms with Gasteiger partial charge in [0.15, 0.2) is 0 Å². The Labute approximate surface area is 215 Å². The van der Waals surface area contributed by atoms with E-state index in [1.807, 2.05) is 91.3 Å². The lowest BCUT2D eigenvalue weighted by molar-refractivity contribution is -0.138. The third-order valence-electron chi connectivity index (χ3n) is 7.16. The third-order valence-corrected chi connectivity index (χ3v) is 7.16. The summed E-state index contributed by atoms with van der Waals surface area (Å²) in [7, 11) is 1.67. The van der Waals surface area contributed by atoms with Gasteiger partial charge in [0.05, 0.1) is 11.4 Å². The van der Waals surface area contributed by atoms with Gasteiger partial charge < -0.3 is 10.2 Å². The molecule has 2 heterocycles. The molecule has 3 aromatic carbocycles. The van der Waals surface area contributed by atoms with Crippen molar-refractivity contribution in [2.75, 3.05) is 13.6 Å². The summed E-state index contributed by atoms with van der Waals surface area (Å²) in [5.41, 5.74) is 3.05. The molecule has 1 aliphatic rings. The Hall–Kier alpha value is -4.46. The summed E-state index contributed by atoms with van der Waals surface area (Å²) in [6.45, 7) is 5.53. The van der Waals surface area contributed by atoms with Crippen LogP contribution in [-0.2, 0) is 21.7 Å². The molecule has 0 bridgehead atoms. The van der Waals surface area contributed by atoms with E-state index >= 15 is 0 Å². The van der Waals surface area contributed by atoms with Crippen LogP contribution in [0.2, 0.25) is 0 Å². The van der Waals surface area contributed by atoms with E-state index in [2.05, 4.69) is 10.4 Å². The molecule has 8 nitrogen and oxygen atoms in total. The molecule has 4 amide bonds. The zero-order valence-corrected chi connectivity index (χ0v) is 21.4. The second kappa shape index (κ2) is 9.20. The van der Waals surface area contributed by atoms with Crippen LogP contribution in [0.4, 0.5) is 4.79 Å². The number of para-hydroxylation sites is 1. The van der Waals surface area contributed by atoms with Gasteiger partial charge in [-0.25, -0.2) is 9.48 Å². The fourth-order valence-corrected chi connectivity index (χ4v) is 4.84. The molecule has 1 saturated heterocycles. The molecule has 0 aliphatic carbocycles. The zero-order chi connectivity index (χ0) is 26.3. The number of carbonyl (C=O) groups excluding carboxylic acids is 3. The molecular formula is C29H29N5O3. The van der Waals surface area contributed by atoms with Gasteiger partial charge in [-0.2, -0.15) is 5.10 Å². The number of aryl methyl sites for hydroxylation is 1. The summed E-state index contributed by atoms with van der Waals surface area (Å²) >= 11 is 0. The van der Waals surface area contributed by atoms with Gasteiger partial charge >= 0.3 is 6.03 Å². The number of benzene rings is 3. The summed E-state index contributed by atoms with van der Waals surface area (Å²) in [5.74, 6) is -0.781. The van der Waals surface area contributed by atoms with E-state index in [1.165, 1.54) is 4.90 Å². The number of nitrogens with one attached hydrogen (secondary N) is 1. The van der Waals surface area contributed by atoms with Gasteiger partial charge in [-0.3, -0.25) is 14.5 Å². The van der Waals surface area contributed by atoms with Gasteiger partial charge in [0.2, 0.25) is 5.91 Å². The minimum atomic E-state index is -1.25. The number of imide groups is 1. The summed E-state index contributed by atoms with van der Waals surface area (Å²) in [4.78, 5) is 41.9. The van der Waals surface area contributed by atoms with Gasteiger partial charge in [0.25, 0.3) is 5.91 Å². The van der Waals surface area contributed by atoms with Crippen LogP contribution in [0.3, 0.4) is 0 Å². The van der Waals surface area contributed by atoms with Gasteiger partial charge in [-0.05, 0) is 55.3 Å². The lowest BCUT2D eigenvalue weighted by Gasteiger charge is -2.24. The van der Waals surface area contributed by atoms with E-state index in [9.17, 15) is 14.4 Å². The number of carbonyl (C=O) groups is 3. The number of nitrogens with zero attached hydrogens (tertiary/aromatic N) is 4. The molecule has 4 aromatic rings. The van der Waals surface area contributed by atoms with Crippen molar-refractivity contribution in [2.45, 2.75) is 32.9 Å². The maximum absolute atomic E-state index is 13.4. The quantitative estimate of drug-likeness (QED) is 0.409. The molecule has 8 heteroatoms. The Balaban J connectivity index is 1.32. The molecule has 1 atom stereocenters. The van der Waals surface area contributed by atoms with Crippen molar-refractivity contribution in [3.8, 4) is 5.69 Å². The number of hydrogen-bond acceptors (Lipinski definition) is 4. The molecule has 1 fully saturated rings. The Bertz CT molecular complexity index is 1530. The van der Waals surface area contributed by atoms with Gasteiger partial charge in [0, 0.05) is 24.8 Å². The van der Waals surface area contributed by atoms with Gasteiger partial charge in [-0.15, -0.1) is 0 Å². The highest BCUT2D eigenvalue weighted by Crippen LogP contribution is 2.31. The van der Waals surface area contributed by atoms with E-state index in [1.54, 1.807) is 14.0 Å². The fraction of sp³-hybridized carbons (Fsp3) is 0.241. The molecule has 1 N–H and O–H groups in total. The maximum Gasteiger partial charge on any atom is 0.325 e. The first-order valence-electron chi connectivity index (χ1n) is 12.2. The molecule has 1 unspecified atom stereocenters. The molecule has 1 aliphatic heterocycles. The first-order valence-corrected chi connectivity index (χ1v) is 12.2. The standard InChI is InChI=1S/C29H29N5O3/c1-19-25(20(2)34(31-19)24-12-6-5-7-13-24)17-32(4)26(35)18-33-27(36)29(3,30-28(33)37)23-15-14-21-10-8-9-11-22(21)16-23/h5-16H,17-18H2,1-4H3,(H,30,37). The molecule has 1 aromatic heterocycles. The van der Waals surface area contributed by atoms with Crippen LogP contribution >= 0.6 is 0 Å². The Morgan fingerprint density at radius 3 is 2.38 bits per heavy atom. The van der Waals surface area contributed by atoms with Crippen LogP contribution in [0.1, 0.15) is 29.4 Å². The summed E-state index contributed by atoms with van der Waals surface area (Å²) < 4.78 is 1.86. The van der Waals surface area contributed by atoms with Crippen LogP contribution in [0.15, 0.2) is 72.8 Å². The highest BCUT2D eigenvalue weighted by molar-refractivity contribution is 6.09. The highest BCUT2D eigenvalue weighted by atomic mass is 16.2. The average molecular weight is 496 g/mol. The maximum atomic E-state index is 13.4. The van der Waals surface area contributed by atoms with Crippen molar-refractivity contribution < 1.29 is 14.4 Å². The van der Waals surface area contributed by atoms with Crippen molar-refractivity contribution in [3.63, 3.8) is 0 Å². The van der Waals surface area contributed by atoms with E-state index in [0.717, 1.165) is 38.3 Å². The molecule has 5 rings (SSSR count). The average Bonchev–Trinajstić information content (AvgIpc) is 3.31. The van der Waals surface area contributed by atoms with Gasteiger partial charge in [0.1, 0.15) is 12.1 Å². The number of rotatable bonds is 6. The molecule has 37 heavy (non-hydrogen) atoms. The Morgan fingerprint density at radius 1 is 0.973 bits per heavy atom. The summed E-state index contributed by atoms with van der Waals surface area (Å²) in [5, 5.41) is 9.46. The minimum Gasteiger partial charge on any atom is -0.340 e. The third kappa shape index (κ3) is 4.24. The largest absolute Gasteiger partial charge is 0.340 e. The van der Waals surface area contributed by atoms with E-state index < -0.39 is 17.5 Å². The first kappa shape index (κ1) is 24.2. The number of hydrogen-bond donors (Lipinski definition) is 1. The van der Waals surface area contributed by atoms with Crippen molar-refractivity contribution >= 4 is 28.6 Å². The monoisotopic (exact) mass is 495 g/mol. The zero-order valence-electron chi connectivity index (χ0n) is 21.4. The van der Waals surface area contributed by atoms with E-state index in [-0.39, 0.29) is 12.5 Å². The van der Waals surface area contributed by atoms with Crippen molar-refractivity contribution in [1.29, 1.82) is 0 Å². The number of fused-ring (bicyclic) bond motifs is 1. The second-order valence-electron chi connectivity index (χ2n) is 9.65. The summed E-state index contributed by atoms with van der Waals surface area (Å²) in [6.07, 6.45) is 0.